The lowest BCUT2D eigenvalue weighted by Crippen LogP contribution is -2.36. The molecule has 0 aliphatic heterocycles. The second-order valence-corrected chi connectivity index (χ2v) is 11.0. The molecule has 5 nitrogen and oxygen atoms in total. The average molecular weight is 504 g/mol. The molecular weight excluding hydrogens is 476 g/mol. The highest BCUT2D eigenvalue weighted by Gasteiger charge is 2.33. The molecule has 1 amide bonds. The topological polar surface area (TPSA) is 55.8 Å². The lowest BCUT2D eigenvalue weighted by Gasteiger charge is -2.29. The molecule has 0 atom stereocenters. The van der Waals surface area contributed by atoms with E-state index in [2.05, 4.69) is 0 Å². The summed E-state index contributed by atoms with van der Waals surface area (Å²) in [6, 6.07) is 29.5. The first-order chi connectivity index (χ1) is 17.4. The molecule has 4 rings (SSSR count). The van der Waals surface area contributed by atoms with Crippen molar-refractivity contribution in [2.45, 2.75) is 6.54 Å². The quantitative estimate of drug-likeness (QED) is 0.285. The molecule has 0 aliphatic rings. The summed E-state index contributed by atoms with van der Waals surface area (Å²) in [6.07, 6.45) is -0.109. The van der Waals surface area contributed by atoms with E-state index in [-0.39, 0.29) is 18.4 Å². The monoisotopic (exact) mass is 503 g/mol. The van der Waals surface area contributed by atoms with Gasteiger partial charge in [0.2, 0.25) is 0 Å². The van der Waals surface area contributed by atoms with Gasteiger partial charge in [-0.05, 0) is 35.9 Å². The van der Waals surface area contributed by atoms with Crippen molar-refractivity contribution in [1.82, 2.24) is 4.90 Å². The minimum Gasteiger partial charge on any atom is -0.497 e. The van der Waals surface area contributed by atoms with E-state index >= 15 is 0 Å². The highest BCUT2D eigenvalue weighted by molar-refractivity contribution is 7.78. The maximum Gasteiger partial charge on any atom is 0.257 e. The SMILES string of the molecule is COc1ccc(CN(CP(=O)(c2ccccc2)c2ccccc2)C(=O)c2cc(OC)ccc2F)cc1. The van der Waals surface area contributed by atoms with Crippen LogP contribution >= 0.6 is 7.14 Å². The van der Waals surface area contributed by atoms with Crippen molar-refractivity contribution in [1.29, 1.82) is 0 Å². The number of methoxy groups -OCH3 is 2. The number of ether oxygens (including phenoxy) is 2. The zero-order valence-corrected chi connectivity index (χ0v) is 21.0. The van der Waals surface area contributed by atoms with E-state index in [1.54, 1.807) is 43.5 Å². The molecular formula is C29H27FNO4P. The van der Waals surface area contributed by atoms with E-state index in [0.717, 1.165) is 5.56 Å². The highest BCUT2D eigenvalue weighted by Crippen LogP contribution is 2.44. The Hall–Kier alpha value is -3.89. The van der Waals surface area contributed by atoms with Gasteiger partial charge in [-0.2, -0.15) is 0 Å². The molecule has 0 aromatic heterocycles. The number of rotatable bonds is 9. The van der Waals surface area contributed by atoms with E-state index in [1.807, 2.05) is 48.5 Å². The van der Waals surface area contributed by atoms with Crippen molar-refractivity contribution in [3.05, 3.63) is 120 Å². The van der Waals surface area contributed by atoms with Crippen LogP contribution in [0.5, 0.6) is 11.5 Å². The van der Waals surface area contributed by atoms with E-state index < -0.39 is 18.9 Å². The third-order valence-corrected chi connectivity index (χ3v) is 8.94. The number of hydrogen-bond acceptors (Lipinski definition) is 4. The number of benzene rings is 4. The van der Waals surface area contributed by atoms with Gasteiger partial charge in [0, 0.05) is 17.2 Å². The number of carbonyl (C=O) groups is 1. The standard InChI is InChI=1S/C29H27FNO4P/c1-34-23-15-13-22(14-16-23)20-31(29(32)27-19-24(35-2)17-18-28(27)30)21-36(33,25-9-5-3-6-10-25)26-11-7-4-8-12-26/h3-19H,20-21H2,1-2H3. The zero-order valence-electron chi connectivity index (χ0n) is 20.1. The summed E-state index contributed by atoms with van der Waals surface area (Å²) in [5.41, 5.74) is 0.649. The van der Waals surface area contributed by atoms with Crippen molar-refractivity contribution < 1.29 is 23.2 Å². The summed E-state index contributed by atoms with van der Waals surface area (Å²) >= 11 is 0. The van der Waals surface area contributed by atoms with Crippen molar-refractivity contribution in [2.24, 2.45) is 0 Å². The summed E-state index contributed by atoms with van der Waals surface area (Å²) in [7, 11) is -0.284. The molecule has 0 N–H and O–H groups in total. The number of hydrogen-bond donors (Lipinski definition) is 0. The summed E-state index contributed by atoms with van der Waals surface area (Å²) < 4.78 is 40.0. The summed E-state index contributed by atoms with van der Waals surface area (Å²) in [5.74, 6) is -0.211. The van der Waals surface area contributed by atoms with Gasteiger partial charge in [0.15, 0.2) is 7.14 Å². The summed E-state index contributed by atoms with van der Waals surface area (Å²) in [4.78, 5) is 15.2. The molecule has 0 saturated heterocycles. The van der Waals surface area contributed by atoms with Crippen LogP contribution in [0.2, 0.25) is 0 Å². The van der Waals surface area contributed by atoms with Crippen LogP contribution in [0.15, 0.2) is 103 Å². The molecule has 36 heavy (non-hydrogen) atoms. The average Bonchev–Trinajstić information content (AvgIpc) is 2.94. The molecule has 184 valence electrons. The Labute approximate surface area is 210 Å². The fraction of sp³-hybridized carbons (Fsp3) is 0.138. The van der Waals surface area contributed by atoms with Crippen LogP contribution < -0.4 is 20.1 Å². The first-order valence-corrected chi connectivity index (χ1v) is 13.3. The van der Waals surface area contributed by atoms with Crippen molar-refractivity contribution >= 4 is 23.7 Å². The van der Waals surface area contributed by atoms with Crippen LogP contribution in [0.3, 0.4) is 0 Å². The molecule has 7 heteroatoms. The lowest BCUT2D eigenvalue weighted by molar-refractivity contribution is 0.0767. The van der Waals surface area contributed by atoms with E-state index in [1.165, 1.54) is 30.2 Å². The van der Waals surface area contributed by atoms with Gasteiger partial charge in [0.1, 0.15) is 17.3 Å². The Kier molecular flexibility index (Phi) is 7.87. The minimum atomic E-state index is -3.31. The largest absolute Gasteiger partial charge is 0.497 e. The molecule has 0 saturated carbocycles. The molecule has 4 aromatic rings. The Bertz CT molecular complexity index is 1320. The van der Waals surface area contributed by atoms with Crippen molar-refractivity contribution in [2.75, 3.05) is 20.5 Å². The highest BCUT2D eigenvalue weighted by atomic mass is 31.2. The van der Waals surface area contributed by atoms with Gasteiger partial charge in [0.25, 0.3) is 5.91 Å². The van der Waals surface area contributed by atoms with Gasteiger partial charge in [-0.15, -0.1) is 0 Å². The molecule has 0 bridgehead atoms. The van der Waals surface area contributed by atoms with E-state index in [4.69, 9.17) is 9.47 Å². The van der Waals surface area contributed by atoms with Crippen LogP contribution in [0.25, 0.3) is 0 Å². The first kappa shape index (κ1) is 25.2. The normalized spacial score (nSPS) is 11.1. The Morgan fingerprint density at radius 1 is 0.778 bits per heavy atom. The fourth-order valence-corrected chi connectivity index (χ4v) is 6.63. The maximum atomic E-state index is 14.8. The van der Waals surface area contributed by atoms with Gasteiger partial charge in [0.05, 0.1) is 26.1 Å². The van der Waals surface area contributed by atoms with Gasteiger partial charge in [-0.1, -0.05) is 72.8 Å². The molecule has 0 fully saturated rings. The van der Waals surface area contributed by atoms with Crippen molar-refractivity contribution in [3.8, 4) is 11.5 Å². The number of amides is 1. The van der Waals surface area contributed by atoms with Crippen LogP contribution in [0.4, 0.5) is 4.39 Å². The third kappa shape index (κ3) is 5.50. The van der Waals surface area contributed by atoms with Gasteiger partial charge in [-0.25, -0.2) is 4.39 Å². The van der Waals surface area contributed by atoms with Crippen LogP contribution in [0, 0.1) is 5.82 Å². The second-order valence-electron chi connectivity index (χ2n) is 8.25. The van der Waals surface area contributed by atoms with Gasteiger partial charge >= 0.3 is 0 Å². The fourth-order valence-electron chi connectivity index (χ4n) is 3.99. The van der Waals surface area contributed by atoms with E-state index in [0.29, 0.717) is 22.1 Å². The van der Waals surface area contributed by atoms with Gasteiger partial charge < -0.3 is 18.9 Å². The molecule has 0 unspecified atom stereocenters. The predicted octanol–water partition coefficient (Wildman–Crippen LogP) is 5.46. The van der Waals surface area contributed by atoms with Crippen LogP contribution in [-0.4, -0.2) is 31.3 Å². The van der Waals surface area contributed by atoms with E-state index in [9.17, 15) is 13.8 Å². The predicted molar refractivity (Wildman–Crippen MR) is 140 cm³/mol. The molecule has 4 aromatic carbocycles. The molecule has 0 radical (unpaired) electrons. The summed E-state index contributed by atoms with van der Waals surface area (Å²) in [5, 5.41) is 1.24. The number of carbonyl (C=O) groups excluding carboxylic acids is 1. The van der Waals surface area contributed by atoms with Crippen LogP contribution in [0.1, 0.15) is 15.9 Å². The summed E-state index contributed by atoms with van der Waals surface area (Å²) in [6.45, 7) is 0.128. The molecule has 0 heterocycles. The minimum absolute atomic E-state index is 0.109. The smallest absolute Gasteiger partial charge is 0.257 e. The number of nitrogens with zero attached hydrogens (tertiary/aromatic N) is 1. The zero-order chi connectivity index (χ0) is 25.5. The second kappa shape index (κ2) is 11.2. The first-order valence-electron chi connectivity index (χ1n) is 11.4. The molecule has 0 aliphatic carbocycles. The Morgan fingerprint density at radius 3 is 1.83 bits per heavy atom. The maximum absolute atomic E-state index is 14.8. The Balaban J connectivity index is 1.80. The Morgan fingerprint density at radius 2 is 1.31 bits per heavy atom. The number of halogens is 1. The van der Waals surface area contributed by atoms with Crippen LogP contribution in [-0.2, 0) is 11.1 Å². The van der Waals surface area contributed by atoms with Gasteiger partial charge in [-0.3, -0.25) is 4.79 Å². The third-order valence-electron chi connectivity index (χ3n) is 5.94. The molecule has 0 spiro atoms. The lowest BCUT2D eigenvalue weighted by atomic mass is 10.1. The van der Waals surface area contributed by atoms with Crippen molar-refractivity contribution in [3.63, 3.8) is 0 Å².